The molecule has 0 aromatic rings. The summed E-state index contributed by atoms with van der Waals surface area (Å²) in [5.74, 6) is -2.40. The third-order valence-corrected chi connectivity index (χ3v) is 2.33. The molecular weight excluding hydrogens is 172 g/mol. The predicted octanol–water partition coefficient (Wildman–Crippen LogP) is -0.543. The molecule has 0 bridgehead atoms. The molecule has 0 aromatic heterocycles. The van der Waals surface area contributed by atoms with E-state index >= 15 is 0 Å². The number of carboxylic acids is 1. The quantitative estimate of drug-likeness (QED) is 0.479. The van der Waals surface area contributed by atoms with Crippen molar-refractivity contribution in [3.05, 3.63) is 0 Å². The van der Waals surface area contributed by atoms with E-state index in [0.717, 1.165) is 25.7 Å². The van der Waals surface area contributed by atoms with Crippen LogP contribution in [0, 0.1) is 0 Å². The van der Waals surface area contributed by atoms with E-state index in [0.29, 0.717) is 0 Å². The van der Waals surface area contributed by atoms with Crippen LogP contribution in [0.15, 0.2) is 0 Å². The van der Waals surface area contributed by atoms with Gasteiger partial charge in [-0.25, -0.2) is 4.79 Å². The van der Waals surface area contributed by atoms with Crippen molar-refractivity contribution < 1.29 is 14.7 Å². The number of amides is 1. The first-order chi connectivity index (χ1) is 6.11. The molecule has 0 aliphatic heterocycles. The minimum Gasteiger partial charge on any atom is -0.474 e. The van der Waals surface area contributed by atoms with Gasteiger partial charge in [0.25, 0.3) is 0 Å². The fourth-order valence-corrected chi connectivity index (χ4v) is 1.57. The molecule has 1 amide bonds. The third kappa shape index (κ3) is 2.69. The summed E-state index contributed by atoms with van der Waals surface area (Å²) in [4.78, 5) is 21.0. The van der Waals surface area contributed by atoms with Gasteiger partial charge in [-0.15, -0.1) is 0 Å². The predicted molar refractivity (Wildman–Crippen MR) is 46.0 cm³/mol. The van der Waals surface area contributed by atoms with Gasteiger partial charge in [-0.2, -0.15) is 0 Å². The minimum atomic E-state index is -1.45. The van der Waals surface area contributed by atoms with Gasteiger partial charge in [0.15, 0.2) is 0 Å². The van der Waals surface area contributed by atoms with Gasteiger partial charge in [0.1, 0.15) is 0 Å². The largest absolute Gasteiger partial charge is 0.474 e. The Kier molecular flexibility index (Phi) is 3.25. The molecule has 1 saturated carbocycles. The maximum Gasteiger partial charge on any atom is 0.394 e. The molecule has 0 heterocycles. The molecule has 2 unspecified atom stereocenters. The smallest absolute Gasteiger partial charge is 0.394 e. The molecule has 74 valence electrons. The zero-order chi connectivity index (χ0) is 9.84. The minimum absolute atomic E-state index is 0.1000. The van der Waals surface area contributed by atoms with Crippen molar-refractivity contribution in [3.63, 3.8) is 0 Å². The van der Waals surface area contributed by atoms with Gasteiger partial charge in [0, 0.05) is 12.1 Å². The Morgan fingerprint density at radius 1 is 1.31 bits per heavy atom. The van der Waals surface area contributed by atoms with Crippen molar-refractivity contribution >= 4 is 11.9 Å². The van der Waals surface area contributed by atoms with Crippen LogP contribution < -0.4 is 11.1 Å². The summed E-state index contributed by atoms with van der Waals surface area (Å²) in [6.07, 6.45) is 3.68. The lowest BCUT2D eigenvalue weighted by molar-refractivity contribution is -0.150. The molecule has 0 saturated heterocycles. The van der Waals surface area contributed by atoms with Crippen molar-refractivity contribution in [2.75, 3.05) is 0 Å². The summed E-state index contributed by atoms with van der Waals surface area (Å²) < 4.78 is 0. The zero-order valence-corrected chi connectivity index (χ0v) is 7.32. The maximum absolute atomic E-state index is 10.8. The Bertz CT molecular complexity index is 217. The van der Waals surface area contributed by atoms with E-state index in [2.05, 4.69) is 5.32 Å². The van der Waals surface area contributed by atoms with Crippen molar-refractivity contribution in [2.45, 2.75) is 37.8 Å². The molecular formula is C8H14N2O3. The summed E-state index contributed by atoms with van der Waals surface area (Å²) in [5.41, 5.74) is 5.72. The SMILES string of the molecule is NC1CCCCC1NC(=O)C(=O)O. The Morgan fingerprint density at radius 2 is 1.92 bits per heavy atom. The summed E-state index contributed by atoms with van der Waals surface area (Å²) in [6, 6.07) is -0.269. The topological polar surface area (TPSA) is 92.4 Å². The number of carbonyl (C=O) groups is 2. The van der Waals surface area contributed by atoms with E-state index in [4.69, 9.17) is 10.8 Å². The Labute approximate surface area is 76.3 Å². The summed E-state index contributed by atoms with van der Waals surface area (Å²) in [7, 11) is 0. The second-order valence-electron chi connectivity index (χ2n) is 3.33. The van der Waals surface area contributed by atoms with Gasteiger partial charge in [0.2, 0.25) is 0 Å². The molecule has 13 heavy (non-hydrogen) atoms. The van der Waals surface area contributed by atoms with Gasteiger partial charge in [-0.05, 0) is 12.8 Å². The van der Waals surface area contributed by atoms with Gasteiger partial charge < -0.3 is 16.2 Å². The van der Waals surface area contributed by atoms with Crippen LogP contribution in [0.3, 0.4) is 0 Å². The number of hydrogen-bond donors (Lipinski definition) is 3. The monoisotopic (exact) mass is 186 g/mol. The summed E-state index contributed by atoms with van der Waals surface area (Å²) in [6.45, 7) is 0. The molecule has 5 heteroatoms. The summed E-state index contributed by atoms with van der Waals surface area (Å²) in [5, 5.41) is 10.8. The first-order valence-corrected chi connectivity index (χ1v) is 4.40. The van der Waals surface area contributed by atoms with Gasteiger partial charge in [0.05, 0.1) is 0 Å². The van der Waals surface area contributed by atoms with E-state index in [1.54, 1.807) is 0 Å². The van der Waals surface area contributed by atoms with E-state index < -0.39 is 11.9 Å². The van der Waals surface area contributed by atoms with Crippen LogP contribution >= 0.6 is 0 Å². The van der Waals surface area contributed by atoms with Gasteiger partial charge in [-0.1, -0.05) is 12.8 Å². The molecule has 1 rings (SSSR count). The van der Waals surface area contributed by atoms with Gasteiger partial charge >= 0.3 is 11.9 Å². The fourth-order valence-electron chi connectivity index (χ4n) is 1.57. The molecule has 0 spiro atoms. The fraction of sp³-hybridized carbons (Fsp3) is 0.750. The number of hydrogen-bond acceptors (Lipinski definition) is 3. The van der Waals surface area contributed by atoms with Crippen molar-refractivity contribution in [2.24, 2.45) is 5.73 Å². The Morgan fingerprint density at radius 3 is 2.46 bits per heavy atom. The van der Waals surface area contributed by atoms with Crippen LogP contribution in [0.5, 0.6) is 0 Å². The molecule has 1 aliphatic rings. The zero-order valence-electron chi connectivity index (χ0n) is 7.32. The Balaban J connectivity index is 2.42. The average molecular weight is 186 g/mol. The lowest BCUT2D eigenvalue weighted by atomic mass is 9.91. The number of nitrogens with two attached hydrogens (primary N) is 1. The van der Waals surface area contributed by atoms with Crippen molar-refractivity contribution in [1.29, 1.82) is 0 Å². The highest BCUT2D eigenvalue weighted by atomic mass is 16.4. The van der Waals surface area contributed by atoms with Crippen LogP contribution in [0.4, 0.5) is 0 Å². The number of carboxylic acid groups (broad SMARTS) is 1. The highest BCUT2D eigenvalue weighted by Crippen LogP contribution is 2.16. The first kappa shape index (κ1) is 9.98. The molecule has 0 radical (unpaired) electrons. The number of carbonyl (C=O) groups excluding carboxylic acids is 1. The maximum atomic E-state index is 10.8. The van der Waals surface area contributed by atoms with E-state index in [1.807, 2.05) is 0 Å². The van der Waals surface area contributed by atoms with Crippen LogP contribution in [0.25, 0.3) is 0 Å². The highest BCUT2D eigenvalue weighted by molar-refractivity contribution is 6.31. The van der Waals surface area contributed by atoms with Crippen molar-refractivity contribution in [3.8, 4) is 0 Å². The normalized spacial score (nSPS) is 28.1. The molecule has 4 N–H and O–H groups in total. The lowest BCUT2D eigenvalue weighted by Gasteiger charge is -2.28. The number of rotatable bonds is 1. The van der Waals surface area contributed by atoms with E-state index in [9.17, 15) is 9.59 Å². The summed E-state index contributed by atoms with van der Waals surface area (Å²) >= 11 is 0. The third-order valence-electron chi connectivity index (χ3n) is 2.33. The second kappa shape index (κ2) is 4.23. The second-order valence-corrected chi connectivity index (χ2v) is 3.33. The molecule has 2 atom stereocenters. The number of nitrogens with one attached hydrogen (secondary N) is 1. The van der Waals surface area contributed by atoms with Crippen LogP contribution in [-0.4, -0.2) is 29.1 Å². The standard InChI is InChI=1S/C8H14N2O3/c9-5-3-1-2-4-6(5)10-7(11)8(12)13/h5-6H,1-4,9H2,(H,10,11)(H,12,13). The molecule has 1 aliphatic carbocycles. The highest BCUT2D eigenvalue weighted by Gasteiger charge is 2.25. The number of aliphatic carboxylic acids is 1. The molecule has 1 fully saturated rings. The lowest BCUT2D eigenvalue weighted by Crippen LogP contribution is -2.50. The van der Waals surface area contributed by atoms with Crippen LogP contribution in [-0.2, 0) is 9.59 Å². The van der Waals surface area contributed by atoms with E-state index in [-0.39, 0.29) is 12.1 Å². The molecule has 5 nitrogen and oxygen atoms in total. The van der Waals surface area contributed by atoms with Crippen LogP contribution in [0.1, 0.15) is 25.7 Å². The van der Waals surface area contributed by atoms with E-state index in [1.165, 1.54) is 0 Å². The Hall–Kier alpha value is -1.10. The average Bonchev–Trinajstić information content (AvgIpc) is 2.08. The first-order valence-electron chi connectivity index (χ1n) is 4.40. The van der Waals surface area contributed by atoms with Gasteiger partial charge in [-0.3, -0.25) is 4.79 Å². The van der Waals surface area contributed by atoms with Crippen LogP contribution in [0.2, 0.25) is 0 Å². The molecule has 0 aromatic carbocycles. The van der Waals surface area contributed by atoms with Crippen molar-refractivity contribution in [1.82, 2.24) is 5.32 Å².